The average Bonchev–Trinajstić information content (AvgIpc) is 2.59. The van der Waals surface area contributed by atoms with E-state index in [9.17, 15) is 0 Å². The van der Waals surface area contributed by atoms with Crippen LogP contribution in [0.5, 0.6) is 0 Å². The monoisotopic (exact) mass is 367 g/mol. The van der Waals surface area contributed by atoms with Crippen molar-refractivity contribution in [2.75, 3.05) is 23.3 Å². The number of hydrogen-bond acceptors (Lipinski definition) is 2. The molecule has 0 spiro atoms. The second-order valence-corrected chi connectivity index (χ2v) is 7.95. The molecule has 0 aliphatic carbocycles. The Labute approximate surface area is 162 Å². The highest BCUT2D eigenvalue weighted by Gasteiger charge is 2.16. The van der Waals surface area contributed by atoms with E-state index in [2.05, 4.69) is 78.8 Å². The van der Waals surface area contributed by atoms with Crippen LogP contribution in [0.3, 0.4) is 0 Å². The zero-order valence-corrected chi connectivity index (χ0v) is 16.8. The number of aryl methyl sites for hydroxylation is 2. The first-order valence-electron chi connectivity index (χ1n) is 9.46. The molecule has 0 aromatic heterocycles. The highest BCUT2D eigenvalue weighted by Crippen LogP contribution is 2.23. The largest absolute Gasteiger partial charge is 0.371 e. The Hall–Kier alpha value is -2.07. The maximum absolute atomic E-state index is 5.43. The maximum atomic E-state index is 5.43. The van der Waals surface area contributed by atoms with Crippen molar-refractivity contribution in [1.29, 1.82) is 0 Å². The first kappa shape index (κ1) is 18.7. The van der Waals surface area contributed by atoms with Gasteiger partial charge in [-0.15, -0.1) is 0 Å². The molecule has 4 heteroatoms. The second-order valence-electron chi connectivity index (χ2n) is 7.54. The van der Waals surface area contributed by atoms with Crippen LogP contribution in [0.4, 0.5) is 11.4 Å². The zero-order valence-electron chi connectivity index (χ0n) is 16.0. The predicted molar refractivity (Wildman–Crippen MR) is 116 cm³/mol. The molecule has 1 aliphatic heterocycles. The Morgan fingerprint density at radius 1 is 1.12 bits per heavy atom. The van der Waals surface area contributed by atoms with Crippen LogP contribution in [-0.4, -0.2) is 18.2 Å². The Kier molecular flexibility index (Phi) is 6.15. The van der Waals surface area contributed by atoms with Gasteiger partial charge in [-0.25, -0.2) is 0 Å². The number of benzene rings is 2. The van der Waals surface area contributed by atoms with Crippen LogP contribution < -0.4 is 15.5 Å². The van der Waals surface area contributed by atoms with E-state index in [0.29, 0.717) is 5.11 Å². The fraction of sp³-hybridized carbons (Fsp3) is 0.409. The van der Waals surface area contributed by atoms with Gasteiger partial charge in [-0.2, -0.15) is 0 Å². The van der Waals surface area contributed by atoms with Gasteiger partial charge in [-0.05, 0) is 85.8 Å². The lowest BCUT2D eigenvalue weighted by Crippen LogP contribution is -2.34. The molecule has 1 saturated heterocycles. The van der Waals surface area contributed by atoms with E-state index in [1.165, 1.54) is 48.3 Å². The molecular weight excluding hydrogens is 338 g/mol. The summed E-state index contributed by atoms with van der Waals surface area (Å²) in [5.74, 6) is 0.791. The van der Waals surface area contributed by atoms with Crippen molar-refractivity contribution in [3.05, 3.63) is 59.2 Å². The molecule has 0 bridgehead atoms. The minimum absolute atomic E-state index is 0.656. The Morgan fingerprint density at radius 3 is 2.46 bits per heavy atom. The number of rotatable bonds is 4. The molecule has 2 aromatic carbocycles. The molecule has 1 heterocycles. The normalized spacial score (nSPS) is 17.0. The number of thiocarbonyl (C=S) groups is 1. The second kappa shape index (κ2) is 8.54. The Bertz CT molecular complexity index is 734. The predicted octanol–water partition coefficient (Wildman–Crippen LogP) is 5.03. The van der Waals surface area contributed by atoms with Crippen LogP contribution in [0.15, 0.2) is 42.5 Å². The third-order valence-corrected chi connectivity index (χ3v) is 5.14. The third kappa shape index (κ3) is 5.21. The summed E-state index contributed by atoms with van der Waals surface area (Å²) in [5.41, 5.74) is 6.07. The molecule has 3 rings (SSSR count). The summed E-state index contributed by atoms with van der Waals surface area (Å²) in [4.78, 5) is 2.50. The van der Waals surface area contributed by atoms with Crippen molar-refractivity contribution in [3.63, 3.8) is 0 Å². The van der Waals surface area contributed by atoms with Crippen LogP contribution in [0.2, 0.25) is 0 Å². The lowest BCUT2D eigenvalue weighted by molar-refractivity contribution is 0.447. The molecule has 2 N–H and O–H groups in total. The van der Waals surface area contributed by atoms with E-state index in [1.807, 2.05) is 0 Å². The molecule has 1 atom stereocenters. The van der Waals surface area contributed by atoms with Gasteiger partial charge in [-0.3, -0.25) is 0 Å². The van der Waals surface area contributed by atoms with Crippen molar-refractivity contribution in [2.24, 2.45) is 5.92 Å². The SMILES string of the molecule is Cc1cc(C)cc(NC(=S)NCc2ccc(N3CCCC(C)C3)cc2)c1. The molecule has 1 aliphatic rings. The summed E-state index contributed by atoms with van der Waals surface area (Å²) in [6.07, 6.45) is 2.65. The summed E-state index contributed by atoms with van der Waals surface area (Å²) in [6, 6.07) is 15.2. The summed E-state index contributed by atoms with van der Waals surface area (Å²) >= 11 is 5.43. The highest BCUT2D eigenvalue weighted by molar-refractivity contribution is 7.80. The van der Waals surface area contributed by atoms with E-state index >= 15 is 0 Å². The first-order chi connectivity index (χ1) is 12.5. The van der Waals surface area contributed by atoms with Gasteiger partial charge in [0.15, 0.2) is 5.11 Å². The quantitative estimate of drug-likeness (QED) is 0.742. The summed E-state index contributed by atoms with van der Waals surface area (Å²) < 4.78 is 0. The highest BCUT2D eigenvalue weighted by atomic mass is 32.1. The molecule has 1 unspecified atom stereocenters. The van der Waals surface area contributed by atoms with E-state index in [0.717, 1.165) is 18.2 Å². The lowest BCUT2D eigenvalue weighted by atomic mass is 9.99. The van der Waals surface area contributed by atoms with Crippen LogP contribution in [0, 0.1) is 19.8 Å². The van der Waals surface area contributed by atoms with E-state index in [4.69, 9.17) is 12.2 Å². The summed E-state index contributed by atoms with van der Waals surface area (Å²) in [7, 11) is 0. The van der Waals surface area contributed by atoms with E-state index in [-0.39, 0.29) is 0 Å². The number of hydrogen-bond donors (Lipinski definition) is 2. The molecule has 0 radical (unpaired) electrons. The molecule has 138 valence electrons. The third-order valence-electron chi connectivity index (χ3n) is 4.89. The lowest BCUT2D eigenvalue weighted by Gasteiger charge is -2.32. The smallest absolute Gasteiger partial charge is 0.171 e. The fourth-order valence-corrected chi connectivity index (χ4v) is 3.84. The van der Waals surface area contributed by atoms with Crippen molar-refractivity contribution < 1.29 is 0 Å². The molecule has 3 nitrogen and oxygen atoms in total. The summed E-state index contributed by atoms with van der Waals surface area (Å²) in [6.45, 7) is 9.60. The van der Waals surface area contributed by atoms with Gasteiger partial charge < -0.3 is 15.5 Å². The Morgan fingerprint density at radius 2 is 1.81 bits per heavy atom. The van der Waals surface area contributed by atoms with Crippen LogP contribution in [0.1, 0.15) is 36.5 Å². The van der Waals surface area contributed by atoms with E-state index < -0.39 is 0 Å². The number of nitrogens with zero attached hydrogens (tertiary/aromatic N) is 1. The van der Waals surface area contributed by atoms with Gasteiger partial charge in [-0.1, -0.05) is 25.1 Å². The number of nitrogens with one attached hydrogen (secondary N) is 2. The molecule has 1 fully saturated rings. The zero-order chi connectivity index (χ0) is 18.5. The summed E-state index contributed by atoms with van der Waals surface area (Å²) in [5, 5.41) is 7.23. The molecular formula is C22H29N3S. The van der Waals surface area contributed by atoms with Gasteiger partial charge in [0.2, 0.25) is 0 Å². The number of anilines is 2. The topological polar surface area (TPSA) is 27.3 Å². The van der Waals surface area contributed by atoms with Crippen molar-refractivity contribution >= 4 is 28.7 Å². The van der Waals surface area contributed by atoms with Crippen molar-refractivity contribution in [3.8, 4) is 0 Å². The van der Waals surface area contributed by atoms with Gasteiger partial charge >= 0.3 is 0 Å². The van der Waals surface area contributed by atoms with Gasteiger partial charge in [0.25, 0.3) is 0 Å². The maximum Gasteiger partial charge on any atom is 0.171 e. The van der Waals surface area contributed by atoms with E-state index in [1.54, 1.807) is 0 Å². The van der Waals surface area contributed by atoms with Crippen LogP contribution in [0.25, 0.3) is 0 Å². The van der Waals surface area contributed by atoms with Gasteiger partial charge in [0.05, 0.1) is 0 Å². The first-order valence-corrected chi connectivity index (χ1v) is 9.87. The minimum atomic E-state index is 0.656. The Balaban J connectivity index is 1.52. The molecule has 26 heavy (non-hydrogen) atoms. The molecule has 0 amide bonds. The van der Waals surface area contributed by atoms with Crippen molar-refractivity contribution in [1.82, 2.24) is 5.32 Å². The van der Waals surface area contributed by atoms with Gasteiger partial charge in [0, 0.05) is 31.0 Å². The van der Waals surface area contributed by atoms with Gasteiger partial charge in [0.1, 0.15) is 0 Å². The standard InChI is InChI=1S/C22H29N3S/c1-16-5-4-10-25(15-16)21-8-6-19(7-9-21)14-23-22(26)24-20-12-17(2)11-18(3)13-20/h6-9,11-13,16H,4-5,10,14-15H2,1-3H3,(H2,23,24,26). The number of piperidine rings is 1. The average molecular weight is 368 g/mol. The molecule has 2 aromatic rings. The minimum Gasteiger partial charge on any atom is -0.371 e. The molecule has 0 saturated carbocycles. The van der Waals surface area contributed by atoms with Crippen LogP contribution >= 0.6 is 12.2 Å². The fourth-order valence-electron chi connectivity index (χ4n) is 3.65. The van der Waals surface area contributed by atoms with Crippen LogP contribution in [-0.2, 0) is 6.54 Å². The van der Waals surface area contributed by atoms with Crippen molar-refractivity contribution in [2.45, 2.75) is 40.2 Å².